The second kappa shape index (κ2) is 5.10. The molecule has 4 heteroatoms. The Hall–Kier alpha value is -1.40. The molecule has 0 N–H and O–H groups in total. The van der Waals surface area contributed by atoms with Crippen LogP contribution in [0.1, 0.15) is 79.0 Å². The van der Waals surface area contributed by atoms with Crippen LogP contribution >= 0.6 is 11.6 Å². The van der Waals surface area contributed by atoms with Crippen molar-refractivity contribution in [2.24, 2.45) is 5.41 Å². The van der Waals surface area contributed by atoms with Gasteiger partial charge in [0.15, 0.2) is 5.78 Å². The molecule has 0 saturated heterocycles. The van der Waals surface area contributed by atoms with E-state index in [4.69, 9.17) is 11.6 Å². The van der Waals surface area contributed by atoms with Gasteiger partial charge in [0.25, 0.3) is 0 Å². The molecule has 0 amide bonds. The summed E-state index contributed by atoms with van der Waals surface area (Å²) < 4.78 is 0. The van der Waals surface area contributed by atoms with Crippen molar-refractivity contribution in [3.05, 3.63) is 27.5 Å². The molecular formula is C17H19ClN2O. The van der Waals surface area contributed by atoms with Crippen LogP contribution in [-0.2, 0) is 6.42 Å². The number of hydrogen-bond donors (Lipinski definition) is 0. The van der Waals surface area contributed by atoms with Crippen molar-refractivity contribution in [1.82, 2.24) is 4.98 Å². The zero-order chi connectivity index (χ0) is 15.2. The standard InChI is InChI=1S/C17H19ClN2O/c1-17(2)7-12-15(13(21)8-17)14(10-5-3-4-6-10)11(9-19)16(18)20-12/h10H,3-8H2,1-2H3. The molecule has 1 heterocycles. The Bertz CT molecular complexity index is 652. The molecule has 2 aliphatic rings. The highest BCUT2D eigenvalue weighted by Gasteiger charge is 2.37. The molecule has 2 aliphatic carbocycles. The highest BCUT2D eigenvalue weighted by atomic mass is 35.5. The summed E-state index contributed by atoms with van der Waals surface area (Å²) in [6, 6.07) is 2.19. The van der Waals surface area contributed by atoms with Crippen LogP contribution in [0, 0.1) is 16.7 Å². The zero-order valence-corrected chi connectivity index (χ0v) is 13.3. The van der Waals surface area contributed by atoms with Crippen molar-refractivity contribution in [2.75, 3.05) is 0 Å². The third kappa shape index (κ3) is 2.46. The molecule has 1 aromatic heterocycles. The average molecular weight is 303 g/mol. The Kier molecular flexibility index (Phi) is 3.53. The summed E-state index contributed by atoms with van der Waals surface area (Å²) in [7, 11) is 0. The van der Waals surface area contributed by atoms with Gasteiger partial charge in [-0.15, -0.1) is 0 Å². The Morgan fingerprint density at radius 2 is 1.95 bits per heavy atom. The van der Waals surface area contributed by atoms with Crippen LogP contribution in [-0.4, -0.2) is 10.8 Å². The van der Waals surface area contributed by atoms with E-state index in [2.05, 4.69) is 24.9 Å². The number of nitriles is 1. The first kappa shape index (κ1) is 14.5. The van der Waals surface area contributed by atoms with Crippen molar-refractivity contribution < 1.29 is 4.79 Å². The van der Waals surface area contributed by atoms with Gasteiger partial charge >= 0.3 is 0 Å². The number of rotatable bonds is 1. The van der Waals surface area contributed by atoms with E-state index < -0.39 is 0 Å². The number of nitrogens with zero attached hydrogens (tertiary/aromatic N) is 2. The summed E-state index contributed by atoms with van der Waals surface area (Å²) in [4.78, 5) is 17.1. The molecule has 0 bridgehead atoms. The lowest BCUT2D eigenvalue weighted by Crippen LogP contribution is -2.30. The zero-order valence-electron chi connectivity index (χ0n) is 12.5. The maximum atomic E-state index is 12.7. The Morgan fingerprint density at radius 3 is 2.57 bits per heavy atom. The van der Waals surface area contributed by atoms with E-state index >= 15 is 0 Å². The third-order valence-corrected chi connectivity index (χ3v) is 4.98. The van der Waals surface area contributed by atoms with Gasteiger partial charge in [-0.05, 0) is 36.2 Å². The van der Waals surface area contributed by atoms with Gasteiger partial charge in [0, 0.05) is 12.0 Å². The predicted octanol–water partition coefficient (Wildman–Crippen LogP) is 4.42. The van der Waals surface area contributed by atoms with Crippen molar-refractivity contribution >= 4 is 17.4 Å². The lowest BCUT2D eigenvalue weighted by atomic mass is 9.72. The molecule has 1 aromatic rings. The second-order valence-corrected chi connectivity index (χ2v) is 7.41. The fourth-order valence-electron chi connectivity index (χ4n) is 3.83. The number of hydrogen-bond acceptors (Lipinski definition) is 3. The summed E-state index contributed by atoms with van der Waals surface area (Å²) in [5.74, 6) is 0.419. The van der Waals surface area contributed by atoms with Gasteiger partial charge in [-0.3, -0.25) is 4.79 Å². The maximum Gasteiger partial charge on any atom is 0.165 e. The number of carbonyl (C=O) groups excluding carboxylic acids is 1. The lowest BCUT2D eigenvalue weighted by Gasteiger charge is -2.32. The number of pyridine rings is 1. The van der Waals surface area contributed by atoms with Crippen LogP contribution in [0.15, 0.2) is 0 Å². The summed E-state index contributed by atoms with van der Waals surface area (Å²) in [6.45, 7) is 4.16. The molecule has 110 valence electrons. The second-order valence-electron chi connectivity index (χ2n) is 7.05. The number of fused-ring (bicyclic) bond motifs is 1. The van der Waals surface area contributed by atoms with Crippen LogP contribution in [0.3, 0.4) is 0 Å². The molecule has 1 fully saturated rings. The highest BCUT2D eigenvalue weighted by Crippen LogP contribution is 2.44. The first-order valence-electron chi connectivity index (χ1n) is 7.58. The minimum atomic E-state index is -0.0818. The molecular weight excluding hydrogens is 284 g/mol. The number of halogens is 1. The van der Waals surface area contributed by atoms with Crippen molar-refractivity contribution in [1.29, 1.82) is 5.26 Å². The van der Waals surface area contributed by atoms with Gasteiger partial charge in [-0.2, -0.15) is 5.26 Å². The van der Waals surface area contributed by atoms with Crippen molar-refractivity contribution in [2.45, 2.75) is 58.3 Å². The van der Waals surface area contributed by atoms with E-state index in [0.29, 0.717) is 23.5 Å². The minimum absolute atomic E-state index is 0.0818. The van der Waals surface area contributed by atoms with Gasteiger partial charge in [-0.1, -0.05) is 38.3 Å². The van der Waals surface area contributed by atoms with E-state index in [1.54, 1.807) is 0 Å². The fourth-order valence-corrected chi connectivity index (χ4v) is 4.07. The SMILES string of the molecule is CC1(C)CC(=O)c2c(nc(Cl)c(C#N)c2C2CCCC2)C1. The molecule has 1 saturated carbocycles. The monoisotopic (exact) mass is 302 g/mol. The van der Waals surface area contributed by atoms with E-state index in [1.165, 1.54) is 0 Å². The molecule has 0 aromatic carbocycles. The quantitative estimate of drug-likeness (QED) is 0.722. The third-order valence-electron chi connectivity index (χ3n) is 4.71. The predicted molar refractivity (Wildman–Crippen MR) is 81.6 cm³/mol. The molecule has 3 rings (SSSR count). The van der Waals surface area contributed by atoms with Crippen LogP contribution in [0.2, 0.25) is 5.15 Å². The minimum Gasteiger partial charge on any atom is -0.294 e. The van der Waals surface area contributed by atoms with Crippen molar-refractivity contribution in [3.63, 3.8) is 0 Å². The number of Topliss-reactive ketones (excluding diaryl/α,β-unsaturated/α-hetero) is 1. The molecule has 0 spiro atoms. The Morgan fingerprint density at radius 1 is 1.29 bits per heavy atom. The Labute approximate surface area is 130 Å². The van der Waals surface area contributed by atoms with E-state index in [1.807, 2.05) is 0 Å². The average Bonchev–Trinajstić information content (AvgIpc) is 2.88. The molecule has 0 atom stereocenters. The topological polar surface area (TPSA) is 53.8 Å². The largest absolute Gasteiger partial charge is 0.294 e. The molecule has 21 heavy (non-hydrogen) atoms. The maximum absolute atomic E-state index is 12.7. The smallest absolute Gasteiger partial charge is 0.165 e. The number of carbonyl (C=O) groups is 1. The summed E-state index contributed by atoms with van der Waals surface area (Å²) in [5, 5.41) is 9.73. The first-order chi connectivity index (χ1) is 9.93. The molecule has 0 aliphatic heterocycles. The van der Waals surface area contributed by atoms with Crippen LogP contribution in [0.4, 0.5) is 0 Å². The van der Waals surface area contributed by atoms with Gasteiger partial charge < -0.3 is 0 Å². The van der Waals surface area contributed by atoms with Crippen LogP contribution in [0.25, 0.3) is 0 Å². The normalized spacial score (nSPS) is 21.1. The highest BCUT2D eigenvalue weighted by molar-refractivity contribution is 6.30. The van der Waals surface area contributed by atoms with Gasteiger partial charge in [0.05, 0.1) is 11.3 Å². The van der Waals surface area contributed by atoms with E-state index in [9.17, 15) is 10.1 Å². The molecule has 3 nitrogen and oxygen atoms in total. The number of ketones is 1. The first-order valence-corrected chi connectivity index (χ1v) is 7.96. The number of aromatic nitrogens is 1. The Balaban J connectivity index is 2.24. The molecule has 0 unspecified atom stereocenters. The van der Waals surface area contributed by atoms with Gasteiger partial charge in [-0.25, -0.2) is 4.98 Å². The molecule has 0 radical (unpaired) electrons. The summed E-state index contributed by atoms with van der Waals surface area (Å²) in [5.41, 5.74) is 2.74. The summed E-state index contributed by atoms with van der Waals surface area (Å²) in [6.07, 6.45) is 5.66. The van der Waals surface area contributed by atoms with Crippen molar-refractivity contribution in [3.8, 4) is 6.07 Å². The van der Waals surface area contributed by atoms with Gasteiger partial charge in [0.2, 0.25) is 0 Å². The van der Waals surface area contributed by atoms with Gasteiger partial charge in [0.1, 0.15) is 11.2 Å². The lowest BCUT2D eigenvalue weighted by molar-refractivity contribution is 0.0908. The summed E-state index contributed by atoms with van der Waals surface area (Å²) >= 11 is 6.24. The van der Waals surface area contributed by atoms with Crippen LogP contribution < -0.4 is 0 Å². The van der Waals surface area contributed by atoms with E-state index in [-0.39, 0.29) is 16.4 Å². The van der Waals surface area contributed by atoms with E-state index in [0.717, 1.165) is 43.4 Å². The van der Waals surface area contributed by atoms with Crippen LogP contribution in [0.5, 0.6) is 0 Å². The fraction of sp³-hybridized carbons (Fsp3) is 0.588.